The van der Waals surface area contributed by atoms with Crippen LogP contribution in [0.25, 0.3) is 33.4 Å². The summed E-state index contributed by atoms with van der Waals surface area (Å²) in [5.74, 6) is 0. The quantitative estimate of drug-likeness (QED) is 0.249. The third-order valence-corrected chi connectivity index (χ3v) is 9.13. The van der Waals surface area contributed by atoms with E-state index in [2.05, 4.69) is 150 Å². The van der Waals surface area contributed by atoms with Gasteiger partial charge in [-0.05, 0) is 86.0 Å². The highest BCUT2D eigenvalue weighted by molar-refractivity contribution is 5.96. The Balaban J connectivity index is 1.22. The SMILES string of the molecule is c1ccc2c(c1)NCN2c1ccc(-c2ccc3c(c2)C2(c4ccccc4-c4ccccc42)c2ccccc2-3)cc1. The summed E-state index contributed by atoms with van der Waals surface area (Å²) in [7, 11) is 0. The molecule has 6 aromatic carbocycles. The van der Waals surface area contributed by atoms with Gasteiger partial charge in [-0.2, -0.15) is 0 Å². The maximum atomic E-state index is 3.50. The molecule has 1 heterocycles. The smallest absolute Gasteiger partial charge is 0.0926 e. The topological polar surface area (TPSA) is 15.3 Å². The zero-order chi connectivity index (χ0) is 26.3. The molecular weight excluding hydrogens is 484 g/mol. The number of anilines is 3. The molecule has 0 amide bonds. The van der Waals surface area contributed by atoms with Gasteiger partial charge in [-0.15, -0.1) is 0 Å². The normalized spacial score (nSPS) is 14.8. The second-order valence-corrected chi connectivity index (χ2v) is 11.0. The van der Waals surface area contributed by atoms with Crippen molar-refractivity contribution in [3.63, 3.8) is 0 Å². The molecule has 0 radical (unpaired) electrons. The standard InChI is InChI=1S/C38H26N2/c1-4-12-32-28(9-1)29-10-2-5-13-33(29)38(32)34-14-6-3-11-30(34)31-22-19-26(23-35(31)38)25-17-20-27(21-18-25)40-24-39-36-15-7-8-16-37(36)40/h1-23,39H,24H2. The molecule has 9 rings (SSSR count). The van der Waals surface area contributed by atoms with E-state index >= 15 is 0 Å². The van der Waals surface area contributed by atoms with Crippen LogP contribution in [0.4, 0.5) is 17.1 Å². The van der Waals surface area contributed by atoms with Crippen molar-refractivity contribution in [2.45, 2.75) is 5.41 Å². The number of fused-ring (bicyclic) bond motifs is 11. The summed E-state index contributed by atoms with van der Waals surface area (Å²) >= 11 is 0. The van der Waals surface area contributed by atoms with E-state index in [0.29, 0.717) is 0 Å². The second-order valence-electron chi connectivity index (χ2n) is 11.0. The molecule has 1 N–H and O–H groups in total. The highest BCUT2D eigenvalue weighted by Crippen LogP contribution is 2.63. The minimum absolute atomic E-state index is 0.306. The second kappa shape index (κ2) is 7.97. The fourth-order valence-corrected chi connectivity index (χ4v) is 7.45. The number of hydrogen-bond acceptors (Lipinski definition) is 2. The Hall–Kier alpha value is -5.08. The molecule has 0 aromatic heterocycles. The van der Waals surface area contributed by atoms with E-state index < -0.39 is 0 Å². The van der Waals surface area contributed by atoms with Crippen molar-refractivity contribution in [3.05, 3.63) is 162 Å². The van der Waals surface area contributed by atoms with E-state index in [9.17, 15) is 0 Å². The first-order chi connectivity index (χ1) is 19.8. The highest BCUT2D eigenvalue weighted by Gasteiger charge is 2.51. The zero-order valence-electron chi connectivity index (χ0n) is 21.9. The van der Waals surface area contributed by atoms with Gasteiger partial charge in [-0.3, -0.25) is 0 Å². The van der Waals surface area contributed by atoms with Crippen LogP contribution in [-0.2, 0) is 5.41 Å². The van der Waals surface area contributed by atoms with Gasteiger partial charge in [0, 0.05) is 5.69 Å². The van der Waals surface area contributed by atoms with Crippen LogP contribution in [0.15, 0.2) is 140 Å². The minimum Gasteiger partial charge on any atom is -0.366 e. The van der Waals surface area contributed by atoms with Crippen LogP contribution in [0.5, 0.6) is 0 Å². The maximum absolute atomic E-state index is 3.50. The molecule has 1 aliphatic heterocycles. The molecule has 0 atom stereocenters. The first kappa shape index (κ1) is 21.8. The summed E-state index contributed by atoms with van der Waals surface area (Å²) < 4.78 is 0. The van der Waals surface area contributed by atoms with Gasteiger partial charge in [0.2, 0.25) is 0 Å². The van der Waals surface area contributed by atoms with Gasteiger partial charge in [-0.1, -0.05) is 109 Å². The fraction of sp³-hybridized carbons (Fsp3) is 0.0526. The zero-order valence-corrected chi connectivity index (χ0v) is 21.9. The van der Waals surface area contributed by atoms with Crippen LogP contribution in [0.3, 0.4) is 0 Å². The van der Waals surface area contributed by atoms with Crippen molar-refractivity contribution < 1.29 is 0 Å². The Labute approximate surface area is 234 Å². The Morgan fingerprint density at radius 1 is 0.475 bits per heavy atom. The van der Waals surface area contributed by atoms with Gasteiger partial charge in [0.05, 0.1) is 23.5 Å². The number of hydrogen-bond donors (Lipinski definition) is 1. The molecule has 0 bridgehead atoms. The van der Waals surface area contributed by atoms with Crippen LogP contribution >= 0.6 is 0 Å². The van der Waals surface area contributed by atoms with Gasteiger partial charge in [0.15, 0.2) is 0 Å². The number of para-hydroxylation sites is 2. The van der Waals surface area contributed by atoms with E-state index in [-0.39, 0.29) is 5.41 Å². The third-order valence-electron chi connectivity index (χ3n) is 9.13. The molecule has 188 valence electrons. The number of nitrogens with zero attached hydrogens (tertiary/aromatic N) is 1. The molecule has 1 spiro atoms. The lowest BCUT2D eigenvalue weighted by molar-refractivity contribution is 0.794. The first-order valence-electron chi connectivity index (χ1n) is 14.0. The number of rotatable bonds is 2. The Kier molecular flexibility index (Phi) is 4.34. The molecule has 40 heavy (non-hydrogen) atoms. The summed E-state index contributed by atoms with van der Waals surface area (Å²) in [4.78, 5) is 2.33. The van der Waals surface area contributed by atoms with E-state index in [4.69, 9.17) is 0 Å². The molecule has 0 unspecified atom stereocenters. The van der Waals surface area contributed by atoms with E-state index in [1.807, 2.05) is 0 Å². The molecule has 0 saturated heterocycles. The molecule has 2 heteroatoms. The summed E-state index contributed by atoms with van der Waals surface area (Å²) in [5.41, 5.74) is 16.7. The predicted molar refractivity (Wildman–Crippen MR) is 165 cm³/mol. The van der Waals surface area contributed by atoms with Gasteiger partial charge in [0.25, 0.3) is 0 Å². The van der Waals surface area contributed by atoms with Gasteiger partial charge < -0.3 is 10.2 Å². The van der Waals surface area contributed by atoms with Crippen LogP contribution < -0.4 is 10.2 Å². The Morgan fingerprint density at radius 3 is 1.65 bits per heavy atom. The van der Waals surface area contributed by atoms with Crippen molar-refractivity contribution in [2.75, 3.05) is 16.9 Å². The van der Waals surface area contributed by atoms with Crippen molar-refractivity contribution >= 4 is 17.1 Å². The Bertz CT molecular complexity index is 1900. The average Bonchev–Trinajstić information content (AvgIpc) is 3.68. The molecule has 2 nitrogen and oxygen atoms in total. The fourth-order valence-electron chi connectivity index (χ4n) is 7.45. The van der Waals surface area contributed by atoms with Crippen molar-refractivity contribution in [1.29, 1.82) is 0 Å². The van der Waals surface area contributed by atoms with E-state index in [0.717, 1.165) is 6.67 Å². The van der Waals surface area contributed by atoms with Crippen LogP contribution in [-0.4, -0.2) is 6.67 Å². The Morgan fingerprint density at radius 2 is 1.00 bits per heavy atom. The number of benzene rings is 6. The van der Waals surface area contributed by atoms with E-state index in [1.54, 1.807) is 0 Å². The molecule has 2 aliphatic carbocycles. The summed E-state index contributed by atoms with van der Waals surface area (Å²) in [6.45, 7) is 0.789. The summed E-state index contributed by atoms with van der Waals surface area (Å²) in [6, 6.07) is 51.6. The monoisotopic (exact) mass is 510 g/mol. The first-order valence-corrected chi connectivity index (χ1v) is 14.0. The lowest BCUT2D eigenvalue weighted by atomic mass is 9.70. The third kappa shape index (κ3) is 2.73. The summed E-state index contributed by atoms with van der Waals surface area (Å²) in [6.07, 6.45) is 0. The van der Waals surface area contributed by atoms with Crippen LogP contribution in [0.1, 0.15) is 22.3 Å². The molecular formula is C38H26N2. The van der Waals surface area contributed by atoms with Gasteiger partial charge in [0.1, 0.15) is 0 Å². The lowest BCUT2D eigenvalue weighted by Gasteiger charge is -2.30. The van der Waals surface area contributed by atoms with Gasteiger partial charge in [-0.25, -0.2) is 0 Å². The van der Waals surface area contributed by atoms with Crippen molar-refractivity contribution in [2.24, 2.45) is 0 Å². The number of nitrogens with one attached hydrogen (secondary N) is 1. The minimum atomic E-state index is -0.306. The van der Waals surface area contributed by atoms with Crippen LogP contribution in [0.2, 0.25) is 0 Å². The highest BCUT2D eigenvalue weighted by atomic mass is 15.3. The average molecular weight is 511 g/mol. The van der Waals surface area contributed by atoms with Crippen molar-refractivity contribution in [3.8, 4) is 33.4 Å². The molecule has 0 fully saturated rings. The molecule has 6 aromatic rings. The molecule has 0 saturated carbocycles. The summed E-state index contributed by atoms with van der Waals surface area (Å²) in [5, 5.41) is 3.50. The van der Waals surface area contributed by atoms with Crippen molar-refractivity contribution in [1.82, 2.24) is 0 Å². The largest absolute Gasteiger partial charge is 0.366 e. The van der Waals surface area contributed by atoms with Gasteiger partial charge >= 0.3 is 0 Å². The predicted octanol–water partition coefficient (Wildman–Crippen LogP) is 9.22. The lowest BCUT2D eigenvalue weighted by Crippen LogP contribution is -2.25. The maximum Gasteiger partial charge on any atom is 0.0926 e. The van der Waals surface area contributed by atoms with Crippen LogP contribution in [0, 0.1) is 0 Å². The van der Waals surface area contributed by atoms with E-state index in [1.165, 1.54) is 72.7 Å². The molecule has 3 aliphatic rings.